The van der Waals surface area contributed by atoms with E-state index in [1.165, 1.54) is 5.56 Å². The molecular formula is C27H25NO5. The number of carbonyl (C=O) groups is 3. The van der Waals surface area contributed by atoms with Crippen molar-refractivity contribution in [2.45, 2.75) is 25.3 Å². The molecule has 33 heavy (non-hydrogen) atoms. The first-order chi connectivity index (χ1) is 16.1. The molecule has 1 aliphatic rings. The highest BCUT2D eigenvalue weighted by Gasteiger charge is 2.21. The van der Waals surface area contributed by atoms with Crippen molar-refractivity contribution >= 4 is 17.7 Å². The lowest BCUT2D eigenvalue weighted by molar-refractivity contribution is -0.150. The van der Waals surface area contributed by atoms with Crippen molar-refractivity contribution in [2.24, 2.45) is 0 Å². The number of benzene rings is 3. The number of esters is 1. The number of nitrogens with one attached hydrogen (secondary N) is 1. The van der Waals surface area contributed by atoms with Crippen LogP contribution in [0.25, 0.3) is 0 Å². The zero-order chi connectivity index (χ0) is 23.0. The molecule has 3 aromatic carbocycles. The van der Waals surface area contributed by atoms with Gasteiger partial charge in [-0.15, -0.1) is 0 Å². The third-order valence-corrected chi connectivity index (χ3v) is 5.58. The van der Waals surface area contributed by atoms with E-state index in [0.717, 1.165) is 24.8 Å². The average molecular weight is 443 g/mol. The van der Waals surface area contributed by atoms with Crippen LogP contribution in [0.1, 0.15) is 45.9 Å². The van der Waals surface area contributed by atoms with Gasteiger partial charge in [-0.3, -0.25) is 9.59 Å². The van der Waals surface area contributed by atoms with Gasteiger partial charge >= 0.3 is 5.97 Å². The van der Waals surface area contributed by atoms with E-state index in [2.05, 4.69) is 11.4 Å². The normalized spacial score (nSPS) is 14.6. The number of ketones is 1. The predicted octanol–water partition coefficient (Wildman–Crippen LogP) is 4.03. The Bertz CT molecular complexity index is 1120. The molecule has 0 heterocycles. The Labute approximate surface area is 192 Å². The highest BCUT2D eigenvalue weighted by molar-refractivity contribution is 6.09. The highest BCUT2D eigenvalue weighted by Crippen LogP contribution is 2.29. The second-order valence-electron chi connectivity index (χ2n) is 7.88. The molecule has 0 spiro atoms. The van der Waals surface area contributed by atoms with Gasteiger partial charge in [0.25, 0.3) is 5.91 Å². The van der Waals surface area contributed by atoms with Gasteiger partial charge in [0.1, 0.15) is 5.75 Å². The van der Waals surface area contributed by atoms with Gasteiger partial charge in [-0.2, -0.15) is 0 Å². The number of rotatable bonds is 8. The maximum Gasteiger partial charge on any atom is 0.344 e. The third-order valence-electron chi connectivity index (χ3n) is 5.58. The highest BCUT2D eigenvalue weighted by atomic mass is 16.6. The molecule has 0 saturated heterocycles. The summed E-state index contributed by atoms with van der Waals surface area (Å²) in [6.45, 7) is -0.684. The minimum absolute atomic E-state index is 0.0606. The maximum absolute atomic E-state index is 12.4. The van der Waals surface area contributed by atoms with Crippen molar-refractivity contribution in [2.75, 3.05) is 13.2 Å². The molecule has 0 fully saturated rings. The van der Waals surface area contributed by atoms with E-state index in [-0.39, 0.29) is 30.9 Å². The lowest BCUT2D eigenvalue weighted by atomic mass is 9.88. The molecule has 1 unspecified atom stereocenters. The second kappa shape index (κ2) is 10.6. The molecule has 1 atom stereocenters. The standard InChI is InChI=1S/C27H25NO5/c29-25(28-24-12-6-10-19-7-4-5-11-23(19)24)17-33-26(30)18-32-22-15-13-21(14-16-22)27(31)20-8-2-1-3-9-20/h1-5,7-9,11,13-16,24H,6,10,12,17-18H2,(H,28,29). The average Bonchev–Trinajstić information content (AvgIpc) is 2.87. The molecule has 168 valence electrons. The number of carbonyl (C=O) groups excluding carboxylic acids is 3. The molecule has 4 rings (SSSR count). The Morgan fingerprint density at radius 3 is 2.30 bits per heavy atom. The van der Waals surface area contributed by atoms with E-state index in [1.807, 2.05) is 36.4 Å². The van der Waals surface area contributed by atoms with Gasteiger partial charge < -0.3 is 14.8 Å². The van der Waals surface area contributed by atoms with Crippen LogP contribution in [0.2, 0.25) is 0 Å². The Morgan fingerprint density at radius 1 is 0.818 bits per heavy atom. The van der Waals surface area contributed by atoms with E-state index < -0.39 is 5.97 Å². The number of ether oxygens (including phenoxy) is 2. The number of fused-ring (bicyclic) bond motifs is 1. The quantitative estimate of drug-likeness (QED) is 0.420. The van der Waals surface area contributed by atoms with E-state index in [0.29, 0.717) is 16.9 Å². The van der Waals surface area contributed by atoms with Gasteiger partial charge in [-0.25, -0.2) is 4.79 Å². The van der Waals surface area contributed by atoms with Gasteiger partial charge in [-0.05, 0) is 54.7 Å². The summed E-state index contributed by atoms with van der Waals surface area (Å²) in [5.74, 6) is -0.638. The zero-order valence-corrected chi connectivity index (χ0v) is 18.2. The summed E-state index contributed by atoms with van der Waals surface area (Å²) >= 11 is 0. The fourth-order valence-corrected chi connectivity index (χ4v) is 3.93. The molecule has 0 aliphatic heterocycles. The van der Waals surface area contributed by atoms with Crippen molar-refractivity contribution in [3.8, 4) is 5.75 Å². The van der Waals surface area contributed by atoms with Crippen molar-refractivity contribution < 1.29 is 23.9 Å². The van der Waals surface area contributed by atoms with Crippen LogP contribution in [0.4, 0.5) is 0 Å². The predicted molar refractivity (Wildman–Crippen MR) is 123 cm³/mol. The first-order valence-electron chi connectivity index (χ1n) is 11.0. The van der Waals surface area contributed by atoms with Gasteiger partial charge in [0.2, 0.25) is 0 Å². The number of aryl methyl sites for hydroxylation is 1. The van der Waals surface area contributed by atoms with Crippen LogP contribution in [0.15, 0.2) is 78.9 Å². The van der Waals surface area contributed by atoms with Gasteiger partial charge in [0, 0.05) is 11.1 Å². The van der Waals surface area contributed by atoms with Crippen LogP contribution in [-0.4, -0.2) is 30.9 Å². The first kappa shape index (κ1) is 22.3. The molecule has 6 heteroatoms. The molecule has 6 nitrogen and oxygen atoms in total. The molecule has 0 aromatic heterocycles. The van der Waals surface area contributed by atoms with E-state index in [4.69, 9.17) is 9.47 Å². The van der Waals surface area contributed by atoms with Crippen LogP contribution in [-0.2, 0) is 20.7 Å². The molecule has 0 bridgehead atoms. The summed E-state index contributed by atoms with van der Waals surface area (Å²) in [4.78, 5) is 36.7. The Morgan fingerprint density at radius 2 is 1.52 bits per heavy atom. The molecular weight excluding hydrogens is 418 g/mol. The topological polar surface area (TPSA) is 81.7 Å². The minimum Gasteiger partial charge on any atom is -0.482 e. The Kier molecular flexibility index (Phi) is 7.15. The van der Waals surface area contributed by atoms with E-state index in [1.54, 1.807) is 36.4 Å². The summed E-state index contributed by atoms with van der Waals surface area (Å²) in [6, 6.07) is 23.5. The van der Waals surface area contributed by atoms with Crippen molar-refractivity contribution in [1.82, 2.24) is 5.32 Å². The largest absolute Gasteiger partial charge is 0.482 e. The minimum atomic E-state index is -0.640. The van der Waals surface area contributed by atoms with Crippen LogP contribution in [0, 0.1) is 0 Å². The van der Waals surface area contributed by atoms with Gasteiger partial charge in [-0.1, -0.05) is 54.6 Å². The zero-order valence-electron chi connectivity index (χ0n) is 18.2. The molecule has 1 N–H and O–H groups in total. The molecule has 0 saturated carbocycles. The first-order valence-corrected chi connectivity index (χ1v) is 11.0. The van der Waals surface area contributed by atoms with Crippen molar-refractivity contribution in [1.29, 1.82) is 0 Å². The van der Waals surface area contributed by atoms with Crippen LogP contribution < -0.4 is 10.1 Å². The van der Waals surface area contributed by atoms with Crippen LogP contribution >= 0.6 is 0 Å². The van der Waals surface area contributed by atoms with Crippen LogP contribution in [0.3, 0.4) is 0 Å². The summed E-state index contributed by atoms with van der Waals surface area (Å²) in [5.41, 5.74) is 3.50. The van der Waals surface area contributed by atoms with Crippen molar-refractivity contribution in [3.05, 3.63) is 101 Å². The number of hydrogen-bond acceptors (Lipinski definition) is 5. The smallest absolute Gasteiger partial charge is 0.344 e. The van der Waals surface area contributed by atoms with E-state index >= 15 is 0 Å². The molecule has 1 amide bonds. The van der Waals surface area contributed by atoms with E-state index in [9.17, 15) is 14.4 Å². The summed E-state index contributed by atoms with van der Waals surface area (Å²) in [6.07, 6.45) is 2.88. The lowest BCUT2D eigenvalue weighted by Crippen LogP contribution is -2.34. The summed E-state index contributed by atoms with van der Waals surface area (Å²) < 4.78 is 10.5. The lowest BCUT2D eigenvalue weighted by Gasteiger charge is -2.26. The summed E-state index contributed by atoms with van der Waals surface area (Å²) in [7, 11) is 0. The Hall–Kier alpha value is -3.93. The molecule has 3 aromatic rings. The van der Waals surface area contributed by atoms with Gasteiger partial charge in [0.05, 0.1) is 6.04 Å². The fraction of sp³-hybridized carbons (Fsp3) is 0.222. The van der Waals surface area contributed by atoms with Gasteiger partial charge in [0.15, 0.2) is 19.0 Å². The number of hydrogen-bond donors (Lipinski definition) is 1. The maximum atomic E-state index is 12.4. The summed E-state index contributed by atoms with van der Waals surface area (Å²) in [5, 5.41) is 2.95. The van der Waals surface area contributed by atoms with Crippen LogP contribution in [0.5, 0.6) is 5.75 Å². The Balaban J connectivity index is 1.21. The molecule has 1 aliphatic carbocycles. The monoisotopic (exact) mass is 443 g/mol. The fourth-order valence-electron chi connectivity index (χ4n) is 3.93. The molecule has 0 radical (unpaired) electrons. The SMILES string of the molecule is O=C(COC(=O)COc1ccc(C(=O)c2ccccc2)cc1)NC1CCCc2ccccc21. The van der Waals surface area contributed by atoms with Crippen molar-refractivity contribution in [3.63, 3.8) is 0 Å². The second-order valence-corrected chi connectivity index (χ2v) is 7.88. The third kappa shape index (κ3) is 5.86. The number of amides is 1.